The smallest absolute Gasteiger partial charge is 0.239 e. The van der Waals surface area contributed by atoms with E-state index in [0.717, 1.165) is 12.1 Å². The van der Waals surface area contributed by atoms with E-state index in [1.54, 1.807) is 0 Å². The highest BCUT2D eigenvalue weighted by Crippen LogP contribution is 2.38. The Hall–Kier alpha value is -3.47. The van der Waals surface area contributed by atoms with E-state index in [1.807, 2.05) is 0 Å². The van der Waals surface area contributed by atoms with Gasteiger partial charge in [0.1, 0.15) is 52.6 Å². The zero-order chi connectivity index (χ0) is 28.7. The van der Waals surface area contributed by atoms with Gasteiger partial charge in [0, 0.05) is 24.1 Å². The maximum Gasteiger partial charge on any atom is 0.239 e. The number of rotatable bonds is 6. The second kappa shape index (κ2) is 11.2. The van der Waals surface area contributed by atoms with Crippen molar-refractivity contribution in [2.75, 3.05) is 13.2 Å². The molecule has 2 aliphatic heterocycles. The summed E-state index contributed by atoms with van der Waals surface area (Å²) in [5.41, 5.74) is -0.816. The van der Waals surface area contributed by atoms with Crippen LogP contribution in [0, 0.1) is 0 Å². The number of hydrogen-bond donors (Lipinski definition) is 8. The summed E-state index contributed by atoms with van der Waals surface area (Å²) in [6.07, 6.45) is -11.6. The minimum atomic E-state index is -1.65. The minimum absolute atomic E-state index is 0.0776. The molecule has 2 saturated heterocycles. The predicted octanol–water partition coefficient (Wildman–Crippen LogP) is -0.752. The molecule has 3 aromatic rings. The van der Waals surface area contributed by atoms with Gasteiger partial charge in [-0.15, -0.1) is 0 Å². The van der Waals surface area contributed by atoms with Crippen LogP contribution in [0.3, 0.4) is 0 Å². The average molecular weight is 564 g/mol. The van der Waals surface area contributed by atoms with Crippen LogP contribution >= 0.6 is 0 Å². The first kappa shape index (κ1) is 28.1. The normalized spacial score (nSPS) is 30.8. The number of fused-ring (bicyclic) bond motifs is 1. The number of aliphatic hydroxyl groups excluding tert-OH is 5. The van der Waals surface area contributed by atoms with E-state index in [2.05, 4.69) is 0 Å². The van der Waals surface area contributed by atoms with Crippen molar-refractivity contribution in [1.82, 2.24) is 0 Å². The molecule has 2 aromatic carbocycles. The molecule has 5 rings (SSSR count). The highest BCUT2D eigenvalue weighted by Gasteiger charge is 2.45. The molecule has 8 atom stereocenters. The summed E-state index contributed by atoms with van der Waals surface area (Å²) in [6.45, 7) is -0.891. The SMILES string of the molecule is O=c1c(OC2OC(CO)CC(OC3OCC(O)C(O)C3O)C2O)c(-c2ccc(O)cc2)oc2cc(O)cc(O)c12. The molecule has 40 heavy (non-hydrogen) atoms. The van der Waals surface area contributed by atoms with E-state index < -0.39 is 72.7 Å². The summed E-state index contributed by atoms with van der Waals surface area (Å²) >= 11 is 0. The molecule has 0 radical (unpaired) electrons. The van der Waals surface area contributed by atoms with Crippen molar-refractivity contribution < 1.29 is 64.2 Å². The van der Waals surface area contributed by atoms with Crippen LogP contribution in [0.5, 0.6) is 23.0 Å². The Morgan fingerprint density at radius 2 is 1.62 bits per heavy atom. The van der Waals surface area contributed by atoms with E-state index in [9.17, 15) is 45.6 Å². The van der Waals surface area contributed by atoms with Gasteiger partial charge in [-0.3, -0.25) is 4.79 Å². The summed E-state index contributed by atoms with van der Waals surface area (Å²) in [5.74, 6) is -1.75. The third-order valence-corrected chi connectivity index (χ3v) is 6.73. The molecule has 8 N–H and O–H groups in total. The Bertz CT molecular complexity index is 1410. The van der Waals surface area contributed by atoms with Gasteiger partial charge in [0.15, 0.2) is 12.1 Å². The maximum absolute atomic E-state index is 13.6. The highest BCUT2D eigenvalue weighted by atomic mass is 16.7. The molecule has 0 amide bonds. The number of aromatic hydroxyl groups is 3. The zero-order valence-corrected chi connectivity index (χ0v) is 20.7. The first-order valence-electron chi connectivity index (χ1n) is 12.3. The molecular formula is C26H28O14. The Kier molecular flexibility index (Phi) is 7.85. The molecule has 14 nitrogen and oxygen atoms in total. The third-order valence-electron chi connectivity index (χ3n) is 6.73. The van der Waals surface area contributed by atoms with E-state index in [1.165, 1.54) is 24.3 Å². The van der Waals surface area contributed by atoms with E-state index in [-0.39, 0.29) is 46.8 Å². The molecule has 3 heterocycles. The van der Waals surface area contributed by atoms with Crippen molar-refractivity contribution in [3.63, 3.8) is 0 Å². The van der Waals surface area contributed by atoms with Gasteiger partial charge in [-0.1, -0.05) is 0 Å². The topological polar surface area (TPSA) is 229 Å². The molecule has 0 spiro atoms. The molecule has 2 aliphatic rings. The largest absolute Gasteiger partial charge is 0.508 e. The van der Waals surface area contributed by atoms with Crippen LogP contribution in [-0.4, -0.2) is 103 Å². The summed E-state index contributed by atoms with van der Waals surface area (Å²) < 4.78 is 28.2. The summed E-state index contributed by atoms with van der Waals surface area (Å²) in [6, 6.07) is 7.52. The van der Waals surface area contributed by atoms with Gasteiger partial charge in [0.05, 0.1) is 25.4 Å². The van der Waals surface area contributed by atoms with Gasteiger partial charge in [0.25, 0.3) is 0 Å². The quantitative estimate of drug-likeness (QED) is 0.184. The van der Waals surface area contributed by atoms with Crippen LogP contribution in [0.2, 0.25) is 0 Å². The van der Waals surface area contributed by atoms with E-state index >= 15 is 0 Å². The fourth-order valence-electron chi connectivity index (χ4n) is 4.62. The lowest BCUT2D eigenvalue weighted by Crippen LogP contribution is -2.58. The second-order valence-electron chi connectivity index (χ2n) is 9.55. The number of phenolic OH excluding ortho intramolecular Hbond substituents is 3. The lowest BCUT2D eigenvalue weighted by Gasteiger charge is -2.42. The third kappa shape index (κ3) is 5.31. The standard InChI is InChI=1S/C26H28O14/c27-8-13-7-17(39-25-22(35)19(32)15(31)9-36-25)20(33)26(37-13)40-24-21(34)18-14(30)5-12(29)6-16(18)38-23(24)10-1-3-11(28)4-2-10/h1-6,13,15,17,19-20,22,25-33,35H,7-9H2. The fraction of sp³-hybridized carbons (Fsp3) is 0.423. The predicted molar refractivity (Wildman–Crippen MR) is 133 cm³/mol. The summed E-state index contributed by atoms with van der Waals surface area (Å²) in [4.78, 5) is 13.6. The van der Waals surface area contributed by atoms with Crippen LogP contribution in [0.4, 0.5) is 0 Å². The number of phenols is 3. The van der Waals surface area contributed by atoms with Crippen LogP contribution < -0.4 is 10.2 Å². The van der Waals surface area contributed by atoms with Crippen LogP contribution in [0.15, 0.2) is 45.6 Å². The van der Waals surface area contributed by atoms with Crippen molar-refractivity contribution in [3.8, 4) is 34.3 Å². The lowest BCUT2D eigenvalue weighted by molar-refractivity contribution is -0.319. The molecule has 216 valence electrons. The van der Waals surface area contributed by atoms with Crippen LogP contribution in [-0.2, 0) is 14.2 Å². The summed E-state index contributed by atoms with van der Waals surface area (Å²) in [7, 11) is 0. The first-order valence-corrected chi connectivity index (χ1v) is 12.3. The van der Waals surface area contributed by atoms with Crippen LogP contribution in [0.25, 0.3) is 22.3 Å². The van der Waals surface area contributed by atoms with Crippen LogP contribution in [0.1, 0.15) is 6.42 Å². The van der Waals surface area contributed by atoms with Gasteiger partial charge in [-0.05, 0) is 24.3 Å². The van der Waals surface area contributed by atoms with Crippen molar-refractivity contribution in [2.45, 2.75) is 55.6 Å². The minimum Gasteiger partial charge on any atom is -0.508 e. The number of aliphatic hydroxyl groups is 5. The van der Waals surface area contributed by atoms with E-state index in [0.29, 0.717) is 0 Å². The average Bonchev–Trinajstić information content (AvgIpc) is 2.92. The zero-order valence-electron chi connectivity index (χ0n) is 20.7. The fourth-order valence-corrected chi connectivity index (χ4v) is 4.62. The number of ether oxygens (including phenoxy) is 4. The molecule has 0 saturated carbocycles. The monoisotopic (exact) mass is 564 g/mol. The number of benzene rings is 2. The first-order chi connectivity index (χ1) is 19.1. The number of hydrogen-bond acceptors (Lipinski definition) is 14. The molecule has 8 unspecified atom stereocenters. The molecule has 1 aromatic heterocycles. The Balaban J connectivity index is 1.52. The van der Waals surface area contributed by atoms with Gasteiger partial charge in [-0.2, -0.15) is 0 Å². The second-order valence-corrected chi connectivity index (χ2v) is 9.55. The van der Waals surface area contributed by atoms with Gasteiger partial charge >= 0.3 is 0 Å². The Labute approximate surface area is 225 Å². The lowest BCUT2D eigenvalue weighted by atomic mass is 10.0. The van der Waals surface area contributed by atoms with Gasteiger partial charge in [-0.25, -0.2) is 0 Å². The Morgan fingerprint density at radius 3 is 2.33 bits per heavy atom. The summed E-state index contributed by atoms with van der Waals surface area (Å²) in [5, 5.41) is 80.4. The van der Waals surface area contributed by atoms with Crippen molar-refractivity contribution in [3.05, 3.63) is 46.6 Å². The van der Waals surface area contributed by atoms with E-state index in [4.69, 9.17) is 23.4 Å². The molecule has 0 bridgehead atoms. The Morgan fingerprint density at radius 1 is 0.900 bits per heavy atom. The van der Waals surface area contributed by atoms with Gasteiger partial charge in [0.2, 0.25) is 17.5 Å². The molecule has 0 aliphatic carbocycles. The maximum atomic E-state index is 13.6. The molecule has 14 heteroatoms. The van der Waals surface area contributed by atoms with Gasteiger partial charge < -0.3 is 64.2 Å². The van der Waals surface area contributed by atoms with Crippen molar-refractivity contribution >= 4 is 11.0 Å². The van der Waals surface area contributed by atoms with Crippen molar-refractivity contribution in [2.24, 2.45) is 0 Å². The van der Waals surface area contributed by atoms with Crippen molar-refractivity contribution in [1.29, 1.82) is 0 Å². The molecule has 2 fully saturated rings. The highest BCUT2D eigenvalue weighted by molar-refractivity contribution is 5.88. The molecular weight excluding hydrogens is 536 g/mol.